The fourth-order valence-corrected chi connectivity index (χ4v) is 2.72. The largest absolute Gasteiger partial charge is 0.508 e. The normalized spacial score (nSPS) is 10.6. The van der Waals surface area contributed by atoms with Gasteiger partial charge in [0.15, 0.2) is 0 Å². The molecule has 18 heavy (non-hydrogen) atoms. The van der Waals surface area contributed by atoms with Gasteiger partial charge in [-0.05, 0) is 51.8 Å². The van der Waals surface area contributed by atoms with Crippen molar-refractivity contribution in [3.63, 3.8) is 0 Å². The van der Waals surface area contributed by atoms with Crippen molar-refractivity contribution in [2.45, 2.75) is 6.42 Å². The molecule has 2 nitrogen and oxygen atoms in total. The van der Waals surface area contributed by atoms with Gasteiger partial charge < -0.3 is 10.2 Å². The summed E-state index contributed by atoms with van der Waals surface area (Å²) in [6, 6.07) is 8.05. The van der Waals surface area contributed by atoms with Crippen molar-refractivity contribution in [2.75, 3.05) is 0 Å². The van der Waals surface area contributed by atoms with Crippen LogP contribution < -0.4 is 0 Å². The standard InChI is InChI=1S/C13H9BrCl2O2/c14-11-6-10(16)5-8(13(11)18)3-7-4-9(15)1-2-12(7)17/h1-2,4-6,17-18H,3H2. The van der Waals surface area contributed by atoms with Crippen molar-refractivity contribution >= 4 is 39.1 Å². The molecule has 0 radical (unpaired) electrons. The third-order valence-corrected chi connectivity index (χ3v) is 3.59. The Bertz CT molecular complexity index is 600. The molecule has 0 unspecified atom stereocenters. The lowest BCUT2D eigenvalue weighted by Gasteiger charge is -2.09. The molecular weight excluding hydrogens is 339 g/mol. The second-order valence-corrected chi connectivity index (χ2v) is 5.57. The Kier molecular flexibility index (Phi) is 4.05. The average molecular weight is 348 g/mol. The second kappa shape index (κ2) is 5.39. The number of phenols is 2. The molecule has 94 valence electrons. The van der Waals surface area contributed by atoms with Crippen molar-refractivity contribution in [1.29, 1.82) is 0 Å². The zero-order valence-corrected chi connectivity index (χ0v) is 12.2. The summed E-state index contributed by atoms with van der Waals surface area (Å²) in [7, 11) is 0. The van der Waals surface area contributed by atoms with Crippen LogP contribution in [-0.4, -0.2) is 10.2 Å². The van der Waals surface area contributed by atoms with E-state index in [1.54, 1.807) is 24.3 Å². The Balaban J connectivity index is 2.43. The molecule has 0 aliphatic heterocycles. The molecule has 5 heteroatoms. The molecule has 2 N–H and O–H groups in total. The van der Waals surface area contributed by atoms with Gasteiger partial charge in [0, 0.05) is 22.0 Å². The molecular formula is C13H9BrCl2O2. The van der Waals surface area contributed by atoms with E-state index in [9.17, 15) is 10.2 Å². The van der Waals surface area contributed by atoms with E-state index in [4.69, 9.17) is 23.2 Å². The van der Waals surface area contributed by atoms with Gasteiger partial charge in [-0.15, -0.1) is 0 Å². The van der Waals surface area contributed by atoms with E-state index in [1.807, 2.05) is 0 Å². The molecule has 0 aromatic heterocycles. The monoisotopic (exact) mass is 346 g/mol. The minimum Gasteiger partial charge on any atom is -0.508 e. The molecule has 0 spiro atoms. The first kappa shape index (κ1) is 13.5. The number of aromatic hydroxyl groups is 2. The number of halogens is 3. The van der Waals surface area contributed by atoms with E-state index in [0.29, 0.717) is 32.1 Å². The molecule has 0 saturated heterocycles. The Morgan fingerprint density at radius 2 is 1.61 bits per heavy atom. The van der Waals surface area contributed by atoms with Crippen LogP contribution in [0.3, 0.4) is 0 Å². The third-order valence-electron chi connectivity index (χ3n) is 2.53. The van der Waals surface area contributed by atoms with Crippen LogP contribution in [0.4, 0.5) is 0 Å². The first-order chi connectivity index (χ1) is 8.47. The van der Waals surface area contributed by atoms with Gasteiger partial charge in [-0.2, -0.15) is 0 Å². The predicted octanol–water partition coefficient (Wildman–Crippen LogP) is 4.76. The summed E-state index contributed by atoms with van der Waals surface area (Å²) in [4.78, 5) is 0. The van der Waals surface area contributed by atoms with Gasteiger partial charge in [-0.1, -0.05) is 23.2 Å². The first-order valence-corrected chi connectivity index (χ1v) is 6.66. The van der Waals surface area contributed by atoms with Gasteiger partial charge in [0.05, 0.1) is 4.47 Å². The van der Waals surface area contributed by atoms with E-state index in [1.165, 1.54) is 6.07 Å². The highest BCUT2D eigenvalue weighted by atomic mass is 79.9. The molecule has 0 saturated carbocycles. The SMILES string of the molecule is Oc1ccc(Cl)cc1Cc1cc(Cl)cc(Br)c1O. The Morgan fingerprint density at radius 1 is 0.944 bits per heavy atom. The Labute approximate surface area is 123 Å². The lowest BCUT2D eigenvalue weighted by molar-refractivity contribution is 0.461. The minimum absolute atomic E-state index is 0.110. The van der Waals surface area contributed by atoms with Gasteiger partial charge in [0.2, 0.25) is 0 Å². The van der Waals surface area contributed by atoms with Gasteiger partial charge in [-0.3, -0.25) is 0 Å². The van der Waals surface area contributed by atoms with Gasteiger partial charge in [0.1, 0.15) is 11.5 Å². The van der Waals surface area contributed by atoms with Crippen molar-refractivity contribution in [3.8, 4) is 11.5 Å². The summed E-state index contributed by atoms with van der Waals surface area (Å²) in [6.45, 7) is 0. The molecule has 0 bridgehead atoms. The van der Waals surface area contributed by atoms with Gasteiger partial charge in [0.25, 0.3) is 0 Å². The topological polar surface area (TPSA) is 40.5 Å². The van der Waals surface area contributed by atoms with Crippen molar-refractivity contribution in [2.24, 2.45) is 0 Å². The number of benzene rings is 2. The minimum atomic E-state index is 0.110. The maximum atomic E-state index is 9.92. The fourth-order valence-electron chi connectivity index (χ4n) is 1.65. The summed E-state index contributed by atoms with van der Waals surface area (Å²) >= 11 is 15.0. The number of hydrogen-bond acceptors (Lipinski definition) is 2. The lowest BCUT2D eigenvalue weighted by atomic mass is 10.0. The Hall–Kier alpha value is -0.900. The number of rotatable bonds is 2. The molecule has 0 fully saturated rings. The van der Waals surface area contributed by atoms with Crippen LogP contribution in [0.1, 0.15) is 11.1 Å². The summed E-state index contributed by atoms with van der Waals surface area (Å²) in [5.41, 5.74) is 1.25. The van der Waals surface area contributed by atoms with Crippen LogP contribution in [0.25, 0.3) is 0 Å². The van der Waals surface area contributed by atoms with Gasteiger partial charge in [-0.25, -0.2) is 0 Å². The van der Waals surface area contributed by atoms with Crippen LogP contribution in [-0.2, 0) is 6.42 Å². The van der Waals surface area contributed by atoms with Crippen molar-refractivity contribution in [1.82, 2.24) is 0 Å². The average Bonchev–Trinajstić information content (AvgIpc) is 2.30. The predicted molar refractivity (Wildman–Crippen MR) is 76.7 cm³/mol. The highest BCUT2D eigenvalue weighted by Crippen LogP contribution is 2.34. The highest BCUT2D eigenvalue weighted by Gasteiger charge is 2.11. The Morgan fingerprint density at radius 3 is 2.33 bits per heavy atom. The maximum Gasteiger partial charge on any atom is 0.133 e. The van der Waals surface area contributed by atoms with E-state index in [2.05, 4.69) is 15.9 Å². The smallest absolute Gasteiger partial charge is 0.133 e. The van der Waals surface area contributed by atoms with Crippen LogP contribution in [0, 0.1) is 0 Å². The van der Waals surface area contributed by atoms with Crippen molar-refractivity contribution in [3.05, 3.63) is 56.0 Å². The van der Waals surface area contributed by atoms with E-state index >= 15 is 0 Å². The zero-order chi connectivity index (χ0) is 13.3. The second-order valence-electron chi connectivity index (χ2n) is 3.85. The van der Waals surface area contributed by atoms with Crippen LogP contribution in [0.15, 0.2) is 34.8 Å². The third kappa shape index (κ3) is 2.91. The summed E-state index contributed by atoms with van der Waals surface area (Å²) in [5.74, 6) is 0.244. The molecule has 0 heterocycles. The maximum absolute atomic E-state index is 9.92. The summed E-state index contributed by atoms with van der Waals surface area (Å²) in [6.07, 6.45) is 0.345. The molecule has 0 amide bonds. The number of phenolic OH excluding ortho intramolecular Hbond substituents is 2. The van der Waals surface area contributed by atoms with Crippen LogP contribution >= 0.6 is 39.1 Å². The van der Waals surface area contributed by atoms with E-state index < -0.39 is 0 Å². The molecule has 2 aromatic carbocycles. The molecule has 2 aromatic rings. The van der Waals surface area contributed by atoms with Crippen LogP contribution in [0.5, 0.6) is 11.5 Å². The molecule has 2 rings (SSSR count). The quantitative estimate of drug-likeness (QED) is 0.822. The molecule has 0 aliphatic carbocycles. The van der Waals surface area contributed by atoms with Gasteiger partial charge >= 0.3 is 0 Å². The number of hydrogen-bond donors (Lipinski definition) is 2. The summed E-state index contributed by atoms with van der Waals surface area (Å²) < 4.78 is 0.520. The first-order valence-electron chi connectivity index (χ1n) is 5.11. The zero-order valence-electron chi connectivity index (χ0n) is 9.12. The summed E-state index contributed by atoms with van der Waals surface area (Å²) in [5, 5.41) is 20.7. The lowest BCUT2D eigenvalue weighted by Crippen LogP contribution is -1.91. The highest BCUT2D eigenvalue weighted by molar-refractivity contribution is 9.10. The fraction of sp³-hybridized carbons (Fsp3) is 0.0769. The van der Waals surface area contributed by atoms with E-state index in [0.717, 1.165) is 0 Å². The van der Waals surface area contributed by atoms with E-state index in [-0.39, 0.29) is 11.5 Å². The van der Waals surface area contributed by atoms with Crippen molar-refractivity contribution < 1.29 is 10.2 Å². The molecule has 0 atom stereocenters. The van der Waals surface area contributed by atoms with Crippen LogP contribution in [0.2, 0.25) is 10.0 Å². The molecule has 0 aliphatic rings.